The van der Waals surface area contributed by atoms with Gasteiger partial charge >= 0.3 is 6.03 Å². The summed E-state index contributed by atoms with van der Waals surface area (Å²) >= 11 is 0. The van der Waals surface area contributed by atoms with Gasteiger partial charge in [0, 0.05) is 19.5 Å². The van der Waals surface area contributed by atoms with Crippen molar-refractivity contribution in [1.82, 2.24) is 10.6 Å². The lowest BCUT2D eigenvalue weighted by atomic mass is 10.1. The molecule has 1 aromatic carbocycles. The summed E-state index contributed by atoms with van der Waals surface area (Å²) in [5.74, 6) is 0.0733. The molecule has 4 heteroatoms. The van der Waals surface area contributed by atoms with Crippen LogP contribution >= 0.6 is 0 Å². The Morgan fingerprint density at radius 2 is 1.88 bits per heavy atom. The number of urea groups is 1. The fourth-order valence-electron chi connectivity index (χ4n) is 1.40. The first-order valence-corrected chi connectivity index (χ1v) is 5.65. The zero-order valence-electron chi connectivity index (χ0n) is 10.2. The fraction of sp³-hybridized carbons (Fsp3) is 0.385. The monoisotopic (exact) mass is 234 g/mol. The van der Waals surface area contributed by atoms with Crippen LogP contribution in [0.15, 0.2) is 24.3 Å². The molecule has 0 radical (unpaired) electrons. The standard InChI is InChI=1S/C13H18N2O2/c1-10-5-3-4-6-12(10)9-15-13(17)14-8-7-11(2)16/h3-6H,7-9H2,1-2H3,(H2,14,15,17). The van der Waals surface area contributed by atoms with Crippen LogP contribution in [-0.2, 0) is 11.3 Å². The zero-order valence-corrected chi connectivity index (χ0v) is 10.2. The van der Waals surface area contributed by atoms with Gasteiger partial charge in [-0.1, -0.05) is 24.3 Å². The number of rotatable bonds is 5. The molecule has 0 aliphatic rings. The molecule has 0 unspecified atom stereocenters. The minimum Gasteiger partial charge on any atom is -0.338 e. The Balaban J connectivity index is 2.29. The van der Waals surface area contributed by atoms with Gasteiger partial charge in [-0.3, -0.25) is 4.79 Å². The minimum absolute atomic E-state index is 0.0733. The van der Waals surface area contributed by atoms with Crippen LogP contribution in [-0.4, -0.2) is 18.4 Å². The van der Waals surface area contributed by atoms with Crippen molar-refractivity contribution in [2.75, 3.05) is 6.54 Å². The SMILES string of the molecule is CC(=O)CCNC(=O)NCc1ccccc1C. The van der Waals surface area contributed by atoms with Crippen molar-refractivity contribution in [3.8, 4) is 0 Å². The lowest BCUT2D eigenvalue weighted by Crippen LogP contribution is -2.36. The Morgan fingerprint density at radius 1 is 1.18 bits per heavy atom. The van der Waals surface area contributed by atoms with Crippen molar-refractivity contribution < 1.29 is 9.59 Å². The molecule has 0 fully saturated rings. The van der Waals surface area contributed by atoms with E-state index in [-0.39, 0.29) is 11.8 Å². The second-order valence-corrected chi connectivity index (χ2v) is 3.99. The van der Waals surface area contributed by atoms with Crippen molar-refractivity contribution in [2.24, 2.45) is 0 Å². The molecular weight excluding hydrogens is 216 g/mol. The lowest BCUT2D eigenvalue weighted by molar-refractivity contribution is -0.116. The van der Waals surface area contributed by atoms with Gasteiger partial charge in [-0.2, -0.15) is 0 Å². The van der Waals surface area contributed by atoms with E-state index < -0.39 is 0 Å². The van der Waals surface area contributed by atoms with Crippen molar-refractivity contribution in [2.45, 2.75) is 26.8 Å². The third-order valence-electron chi connectivity index (χ3n) is 2.46. The van der Waals surface area contributed by atoms with Crippen LogP contribution in [0.5, 0.6) is 0 Å². The number of aryl methyl sites for hydroxylation is 1. The molecule has 17 heavy (non-hydrogen) atoms. The highest BCUT2D eigenvalue weighted by Crippen LogP contribution is 2.05. The second kappa shape index (κ2) is 6.68. The Hall–Kier alpha value is -1.84. The molecule has 2 amide bonds. The molecule has 2 N–H and O–H groups in total. The van der Waals surface area contributed by atoms with Gasteiger partial charge in [0.2, 0.25) is 0 Å². The molecule has 0 spiro atoms. The van der Waals surface area contributed by atoms with E-state index in [1.54, 1.807) is 0 Å². The fourth-order valence-corrected chi connectivity index (χ4v) is 1.40. The van der Waals surface area contributed by atoms with Crippen molar-refractivity contribution in [3.63, 3.8) is 0 Å². The van der Waals surface area contributed by atoms with Gasteiger partial charge in [0.25, 0.3) is 0 Å². The largest absolute Gasteiger partial charge is 0.338 e. The number of benzene rings is 1. The van der Waals surface area contributed by atoms with E-state index in [0.717, 1.165) is 11.1 Å². The van der Waals surface area contributed by atoms with Gasteiger partial charge in [-0.25, -0.2) is 4.79 Å². The Kier molecular flexibility index (Phi) is 5.20. The van der Waals surface area contributed by atoms with Crippen LogP contribution < -0.4 is 10.6 Å². The van der Waals surface area contributed by atoms with Gasteiger partial charge in [-0.15, -0.1) is 0 Å². The first kappa shape index (κ1) is 13.2. The highest BCUT2D eigenvalue weighted by atomic mass is 16.2. The molecule has 4 nitrogen and oxygen atoms in total. The van der Waals surface area contributed by atoms with Crippen molar-refractivity contribution in [3.05, 3.63) is 35.4 Å². The molecule has 0 saturated heterocycles. The van der Waals surface area contributed by atoms with Gasteiger partial charge in [-0.05, 0) is 25.0 Å². The molecule has 0 aromatic heterocycles. The van der Waals surface area contributed by atoms with Crippen LogP contribution in [0.4, 0.5) is 4.79 Å². The molecule has 1 rings (SSSR count). The molecule has 0 heterocycles. The Labute approximate surface area is 101 Å². The predicted octanol–water partition coefficient (Wildman–Crippen LogP) is 1.77. The van der Waals surface area contributed by atoms with Crippen LogP contribution in [0.2, 0.25) is 0 Å². The maximum absolute atomic E-state index is 11.4. The van der Waals surface area contributed by atoms with Gasteiger partial charge in [0.15, 0.2) is 0 Å². The third kappa shape index (κ3) is 5.15. The van der Waals surface area contributed by atoms with E-state index in [1.165, 1.54) is 6.92 Å². The minimum atomic E-state index is -0.241. The van der Waals surface area contributed by atoms with Crippen LogP contribution in [0, 0.1) is 6.92 Å². The summed E-state index contributed by atoms with van der Waals surface area (Å²) in [7, 11) is 0. The van der Waals surface area contributed by atoms with Gasteiger partial charge < -0.3 is 10.6 Å². The third-order valence-corrected chi connectivity index (χ3v) is 2.46. The van der Waals surface area contributed by atoms with E-state index >= 15 is 0 Å². The van der Waals surface area contributed by atoms with Crippen LogP contribution in [0.3, 0.4) is 0 Å². The average molecular weight is 234 g/mol. The van der Waals surface area contributed by atoms with E-state index in [0.29, 0.717) is 19.5 Å². The van der Waals surface area contributed by atoms with Gasteiger partial charge in [0.05, 0.1) is 0 Å². The number of nitrogens with one attached hydrogen (secondary N) is 2. The van der Waals surface area contributed by atoms with E-state index in [2.05, 4.69) is 10.6 Å². The predicted molar refractivity (Wildman–Crippen MR) is 66.7 cm³/mol. The molecule has 0 aliphatic heterocycles. The maximum Gasteiger partial charge on any atom is 0.315 e. The normalized spacial score (nSPS) is 9.76. The zero-order chi connectivity index (χ0) is 12.7. The Morgan fingerprint density at radius 3 is 2.53 bits per heavy atom. The molecular formula is C13H18N2O2. The highest BCUT2D eigenvalue weighted by Gasteiger charge is 2.02. The summed E-state index contributed by atoms with van der Waals surface area (Å²) in [6.45, 7) is 4.39. The highest BCUT2D eigenvalue weighted by molar-refractivity contribution is 5.77. The number of hydrogen-bond donors (Lipinski definition) is 2. The first-order valence-electron chi connectivity index (χ1n) is 5.65. The maximum atomic E-state index is 11.4. The summed E-state index contributed by atoms with van der Waals surface area (Å²) in [6, 6.07) is 7.65. The molecule has 1 aromatic rings. The molecule has 0 aliphatic carbocycles. The van der Waals surface area contributed by atoms with Gasteiger partial charge in [0.1, 0.15) is 5.78 Å². The van der Waals surface area contributed by atoms with E-state index in [9.17, 15) is 9.59 Å². The molecule has 0 bridgehead atoms. The number of hydrogen-bond acceptors (Lipinski definition) is 2. The second-order valence-electron chi connectivity index (χ2n) is 3.99. The molecule has 0 atom stereocenters. The van der Waals surface area contributed by atoms with Crippen LogP contribution in [0.25, 0.3) is 0 Å². The lowest BCUT2D eigenvalue weighted by Gasteiger charge is -2.08. The number of amides is 2. The number of carbonyl (C=O) groups excluding carboxylic acids is 2. The summed E-state index contributed by atoms with van der Waals surface area (Å²) < 4.78 is 0. The van der Waals surface area contributed by atoms with Crippen molar-refractivity contribution in [1.29, 1.82) is 0 Å². The molecule has 92 valence electrons. The smallest absolute Gasteiger partial charge is 0.315 e. The van der Waals surface area contributed by atoms with Crippen LogP contribution in [0.1, 0.15) is 24.5 Å². The number of carbonyl (C=O) groups is 2. The number of ketones is 1. The topological polar surface area (TPSA) is 58.2 Å². The van der Waals surface area contributed by atoms with E-state index in [1.807, 2.05) is 31.2 Å². The Bertz CT molecular complexity index is 402. The summed E-state index contributed by atoms with van der Waals surface area (Å²) in [5, 5.41) is 5.38. The van der Waals surface area contributed by atoms with Crippen molar-refractivity contribution >= 4 is 11.8 Å². The first-order chi connectivity index (χ1) is 8.09. The van der Waals surface area contributed by atoms with E-state index in [4.69, 9.17) is 0 Å². The molecule has 0 saturated carbocycles. The summed E-state index contributed by atoms with van der Waals surface area (Å²) in [5.41, 5.74) is 2.24. The quantitative estimate of drug-likeness (QED) is 0.815. The summed E-state index contributed by atoms with van der Waals surface area (Å²) in [4.78, 5) is 22.1. The summed E-state index contributed by atoms with van der Waals surface area (Å²) in [6.07, 6.45) is 0.373. The number of Topliss-reactive ketones (excluding diaryl/α,β-unsaturated/α-hetero) is 1. The average Bonchev–Trinajstić information content (AvgIpc) is 2.27.